The van der Waals surface area contributed by atoms with E-state index in [0.29, 0.717) is 30.0 Å². The first-order valence-electron chi connectivity index (χ1n) is 10.5. The summed E-state index contributed by atoms with van der Waals surface area (Å²) in [7, 11) is 0. The van der Waals surface area contributed by atoms with Crippen LogP contribution in [-0.2, 0) is 13.2 Å². The molecule has 2 heterocycles. The molecule has 1 aromatic heterocycles. The number of hydrogen-bond donors (Lipinski definition) is 1. The minimum absolute atomic E-state index is 0.0902. The second-order valence-corrected chi connectivity index (χ2v) is 8.24. The highest BCUT2D eigenvalue weighted by Gasteiger charge is 2.17. The van der Waals surface area contributed by atoms with Crippen molar-refractivity contribution in [1.82, 2.24) is 15.2 Å². The number of ether oxygens (including phenoxy) is 1. The zero-order chi connectivity index (χ0) is 21.5. The van der Waals surface area contributed by atoms with E-state index in [2.05, 4.69) is 10.3 Å². The topological polar surface area (TPSA) is 71.5 Å². The number of rotatable bonds is 7. The second kappa shape index (κ2) is 10.2. The maximum atomic E-state index is 12.5. The van der Waals surface area contributed by atoms with Crippen LogP contribution in [0.25, 0.3) is 0 Å². The zero-order valence-corrected chi connectivity index (χ0v) is 18.1. The molecule has 0 unspecified atom stereocenters. The number of likely N-dealkylation sites (tertiary alicyclic amines) is 1. The Morgan fingerprint density at radius 3 is 2.35 bits per heavy atom. The molecule has 7 heteroatoms. The summed E-state index contributed by atoms with van der Waals surface area (Å²) in [5.74, 6) is 0.630. The van der Waals surface area contributed by atoms with E-state index in [1.807, 2.05) is 34.5 Å². The molecule has 1 saturated heterocycles. The molecule has 0 aliphatic carbocycles. The second-order valence-electron chi connectivity index (χ2n) is 7.53. The van der Waals surface area contributed by atoms with Gasteiger partial charge in [-0.05, 0) is 61.2 Å². The molecule has 31 heavy (non-hydrogen) atoms. The number of hydrogen-bond acceptors (Lipinski definition) is 5. The van der Waals surface area contributed by atoms with E-state index in [9.17, 15) is 9.59 Å². The minimum atomic E-state index is -0.153. The van der Waals surface area contributed by atoms with Crippen LogP contribution in [-0.4, -0.2) is 34.8 Å². The number of aromatic nitrogens is 1. The Hall–Kier alpha value is -3.19. The van der Waals surface area contributed by atoms with Gasteiger partial charge in [0, 0.05) is 36.1 Å². The van der Waals surface area contributed by atoms with Crippen molar-refractivity contribution in [2.24, 2.45) is 0 Å². The lowest BCUT2D eigenvalue weighted by Crippen LogP contribution is -2.35. The zero-order valence-electron chi connectivity index (χ0n) is 17.3. The normalized spacial score (nSPS) is 13.6. The van der Waals surface area contributed by atoms with Crippen molar-refractivity contribution in [3.63, 3.8) is 0 Å². The fourth-order valence-corrected chi connectivity index (χ4v) is 4.04. The molecule has 1 fully saturated rings. The SMILES string of the molecule is O=C(NCc1ccc(C(=O)N2CCCCC2)cc1)c1ccc(OCc2cscn2)cc1. The summed E-state index contributed by atoms with van der Waals surface area (Å²) in [6.07, 6.45) is 3.36. The standard InChI is InChI=1S/C24H25N3O3S/c28-23(19-8-10-22(11-9-19)30-15-21-16-31-17-26-21)25-14-18-4-6-20(7-5-18)24(29)27-12-2-1-3-13-27/h4-11,16-17H,1-3,12-15H2,(H,25,28). The van der Waals surface area contributed by atoms with Crippen LogP contribution < -0.4 is 10.1 Å². The Bertz CT molecular complexity index is 996. The summed E-state index contributed by atoms with van der Waals surface area (Å²) in [6, 6.07) is 14.5. The number of carbonyl (C=O) groups excluding carboxylic acids is 2. The van der Waals surface area contributed by atoms with Crippen LogP contribution in [0.4, 0.5) is 0 Å². The first kappa shape index (κ1) is 21.1. The highest BCUT2D eigenvalue weighted by atomic mass is 32.1. The Morgan fingerprint density at radius 1 is 0.968 bits per heavy atom. The monoisotopic (exact) mass is 435 g/mol. The predicted molar refractivity (Wildman–Crippen MR) is 120 cm³/mol. The molecule has 160 valence electrons. The number of nitrogens with one attached hydrogen (secondary N) is 1. The quantitative estimate of drug-likeness (QED) is 0.601. The molecular weight excluding hydrogens is 410 g/mol. The molecule has 1 N–H and O–H groups in total. The Morgan fingerprint density at radius 2 is 1.68 bits per heavy atom. The Kier molecular flexibility index (Phi) is 6.94. The lowest BCUT2D eigenvalue weighted by atomic mass is 10.1. The molecule has 4 rings (SSSR count). The lowest BCUT2D eigenvalue weighted by molar-refractivity contribution is 0.0724. The molecule has 0 atom stereocenters. The highest BCUT2D eigenvalue weighted by Crippen LogP contribution is 2.16. The van der Waals surface area contributed by atoms with Crippen LogP contribution in [0.1, 0.15) is 51.2 Å². The van der Waals surface area contributed by atoms with E-state index < -0.39 is 0 Å². The fraction of sp³-hybridized carbons (Fsp3) is 0.292. The average Bonchev–Trinajstić information content (AvgIpc) is 3.36. The molecule has 0 saturated carbocycles. The number of piperidine rings is 1. The molecule has 0 bridgehead atoms. The van der Waals surface area contributed by atoms with E-state index in [0.717, 1.165) is 37.2 Å². The largest absolute Gasteiger partial charge is 0.487 e. The van der Waals surface area contributed by atoms with Gasteiger partial charge in [0.2, 0.25) is 0 Å². The van der Waals surface area contributed by atoms with Crippen LogP contribution >= 0.6 is 11.3 Å². The van der Waals surface area contributed by atoms with Crippen molar-refractivity contribution in [3.05, 3.63) is 81.8 Å². The number of nitrogens with zero attached hydrogens (tertiary/aromatic N) is 2. The van der Waals surface area contributed by atoms with Crippen molar-refractivity contribution < 1.29 is 14.3 Å². The van der Waals surface area contributed by atoms with Crippen molar-refractivity contribution >= 4 is 23.2 Å². The highest BCUT2D eigenvalue weighted by molar-refractivity contribution is 7.07. The molecule has 3 aromatic rings. The van der Waals surface area contributed by atoms with E-state index >= 15 is 0 Å². The fourth-order valence-electron chi connectivity index (χ4n) is 3.50. The molecule has 6 nitrogen and oxygen atoms in total. The van der Waals surface area contributed by atoms with Crippen LogP contribution in [0.3, 0.4) is 0 Å². The van der Waals surface area contributed by atoms with Crippen molar-refractivity contribution in [2.75, 3.05) is 13.1 Å². The van der Waals surface area contributed by atoms with E-state index in [1.165, 1.54) is 17.8 Å². The summed E-state index contributed by atoms with van der Waals surface area (Å²) in [6.45, 7) is 2.49. The van der Waals surface area contributed by atoms with Gasteiger partial charge in [0.15, 0.2) is 0 Å². The third kappa shape index (κ3) is 5.70. The first-order chi connectivity index (χ1) is 15.2. The first-order valence-corrected chi connectivity index (χ1v) is 11.4. The van der Waals surface area contributed by atoms with E-state index in [1.54, 1.807) is 29.8 Å². The summed E-state index contributed by atoms with van der Waals surface area (Å²) >= 11 is 1.53. The summed E-state index contributed by atoms with van der Waals surface area (Å²) in [5, 5.41) is 4.86. The van der Waals surface area contributed by atoms with Crippen molar-refractivity contribution in [2.45, 2.75) is 32.4 Å². The van der Waals surface area contributed by atoms with Gasteiger partial charge < -0.3 is 15.0 Å². The number of thiazole rings is 1. The number of amides is 2. The Labute approximate surface area is 185 Å². The van der Waals surface area contributed by atoms with E-state index in [-0.39, 0.29) is 11.8 Å². The maximum Gasteiger partial charge on any atom is 0.253 e. The summed E-state index contributed by atoms with van der Waals surface area (Å²) in [4.78, 5) is 31.1. The van der Waals surface area contributed by atoms with Crippen molar-refractivity contribution in [1.29, 1.82) is 0 Å². The van der Waals surface area contributed by atoms with Crippen LogP contribution in [0.2, 0.25) is 0 Å². The van der Waals surface area contributed by atoms with Gasteiger partial charge in [0.1, 0.15) is 12.4 Å². The number of benzene rings is 2. The van der Waals surface area contributed by atoms with Gasteiger partial charge >= 0.3 is 0 Å². The van der Waals surface area contributed by atoms with Gasteiger partial charge in [-0.1, -0.05) is 12.1 Å². The van der Waals surface area contributed by atoms with Gasteiger partial charge in [-0.15, -0.1) is 11.3 Å². The molecule has 1 aliphatic heterocycles. The van der Waals surface area contributed by atoms with Crippen LogP contribution in [0.15, 0.2) is 59.4 Å². The predicted octanol–water partition coefficient (Wildman–Crippen LogP) is 4.28. The Balaban J connectivity index is 1.26. The third-order valence-electron chi connectivity index (χ3n) is 5.28. The molecule has 0 radical (unpaired) electrons. The van der Waals surface area contributed by atoms with Gasteiger partial charge in [-0.3, -0.25) is 9.59 Å². The third-order valence-corrected chi connectivity index (χ3v) is 5.92. The van der Waals surface area contributed by atoms with Gasteiger partial charge in [0.25, 0.3) is 11.8 Å². The summed E-state index contributed by atoms with van der Waals surface area (Å²) in [5.41, 5.74) is 4.87. The molecular formula is C24H25N3O3S. The lowest BCUT2D eigenvalue weighted by Gasteiger charge is -2.26. The summed E-state index contributed by atoms with van der Waals surface area (Å²) < 4.78 is 5.67. The molecule has 0 spiro atoms. The molecule has 1 aliphatic rings. The number of carbonyl (C=O) groups is 2. The average molecular weight is 436 g/mol. The van der Waals surface area contributed by atoms with Crippen LogP contribution in [0.5, 0.6) is 5.75 Å². The molecule has 2 aromatic carbocycles. The maximum absolute atomic E-state index is 12.5. The van der Waals surface area contributed by atoms with Gasteiger partial charge in [-0.25, -0.2) is 4.98 Å². The van der Waals surface area contributed by atoms with Crippen molar-refractivity contribution in [3.8, 4) is 5.75 Å². The van der Waals surface area contributed by atoms with E-state index in [4.69, 9.17) is 4.74 Å². The molecule has 2 amide bonds. The van der Waals surface area contributed by atoms with Gasteiger partial charge in [0.05, 0.1) is 11.2 Å². The smallest absolute Gasteiger partial charge is 0.253 e. The van der Waals surface area contributed by atoms with Gasteiger partial charge in [-0.2, -0.15) is 0 Å². The minimum Gasteiger partial charge on any atom is -0.487 e. The van der Waals surface area contributed by atoms with Crippen LogP contribution in [0, 0.1) is 0 Å².